The molecule has 0 bridgehead atoms. The minimum absolute atomic E-state index is 0.0403. The van der Waals surface area contributed by atoms with Gasteiger partial charge in [-0.05, 0) is 24.9 Å². The van der Waals surface area contributed by atoms with Crippen molar-refractivity contribution >= 4 is 0 Å². The van der Waals surface area contributed by atoms with Crippen LogP contribution in [0.4, 0.5) is 0 Å². The molecule has 2 aromatic rings. The molecule has 0 spiro atoms. The Morgan fingerprint density at radius 1 is 1.16 bits per heavy atom. The van der Waals surface area contributed by atoms with E-state index in [1.165, 1.54) is 0 Å². The van der Waals surface area contributed by atoms with Gasteiger partial charge in [-0.2, -0.15) is 0 Å². The van der Waals surface area contributed by atoms with Crippen molar-refractivity contribution in [1.29, 1.82) is 0 Å². The molecule has 4 nitrogen and oxygen atoms in total. The van der Waals surface area contributed by atoms with Crippen molar-refractivity contribution in [2.45, 2.75) is 32.7 Å². The molecule has 1 unspecified atom stereocenters. The quantitative estimate of drug-likeness (QED) is 0.866. The molecule has 0 aliphatic rings. The Morgan fingerprint density at radius 2 is 1.89 bits per heavy atom. The fourth-order valence-electron chi connectivity index (χ4n) is 1.97. The monoisotopic (exact) mass is 259 g/mol. The van der Waals surface area contributed by atoms with E-state index in [-0.39, 0.29) is 6.04 Å². The van der Waals surface area contributed by atoms with E-state index in [1.807, 2.05) is 25.2 Å². The fraction of sp³-hybridized carbons (Fsp3) is 0.467. The average Bonchev–Trinajstić information content (AvgIpc) is 2.87. The second kappa shape index (κ2) is 6.48. The second-order valence-corrected chi connectivity index (χ2v) is 5.10. The van der Waals surface area contributed by atoms with Crippen LogP contribution in [0.2, 0.25) is 0 Å². The highest BCUT2D eigenvalue weighted by Gasteiger charge is 2.18. The van der Waals surface area contributed by atoms with Crippen LogP contribution >= 0.6 is 0 Å². The summed E-state index contributed by atoms with van der Waals surface area (Å²) in [6, 6.07) is 10.1. The number of nitrogens with one attached hydrogen (secondary N) is 1. The van der Waals surface area contributed by atoms with Crippen LogP contribution in [0.3, 0.4) is 0 Å². The van der Waals surface area contributed by atoms with Gasteiger partial charge in [0.1, 0.15) is 6.04 Å². The first-order valence-electron chi connectivity index (χ1n) is 6.75. The molecule has 0 aliphatic heterocycles. The zero-order chi connectivity index (χ0) is 13.7. The van der Waals surface area contributed by atoms with Gasteiger partial charge in [-0.3, -0.25) is 0 Å². The van der Waals surface area contributed by atoms with Gasteiger partial charge < -0.3 is 9.73 Å². The topological polar surface area (TPSA) is 51.0 Å². The van der Waals surface area contributed by atoms with E-state index >= 15 is 0 Å². The van der Waals surface area contributed by atoms with E-state index in [1.54, 1.807) is 0 Å². The standard InChI is InChI=1S/C15H21N3O/c1-11(2)9-10-13-17-18-15(19-13)14(16-3)12-7-5-4-6-8-12/h4-8,11,14,16H,9-10H2,1-3H3. The molecule has 1 N–H and O–H groups in total. The largest absolute Gasteiger partial charge is 0.423 e. The highest BCUT2D eigenvalue weighted by atomic mass is 16.4. The van der Waals surface area contributed by atoms with Gasteiger partial charge in [0.15, 0.2) is 0 Å². The normalized spacial score (nSPS) is 12.8. The van der Waals surface area contributed by atoms with Gasteiger partial charge in [0.25, 0.3) is 0 Å². The van der Waals surface area contributed by atoms with E-state index in [2.05, 4.69) is 41.5 Å². The summed E-state index contributed by atoms with van der Waals surface area (Å²) in [5.41, 5.74) is 1.13. The molecule has 2 rings (SSSR count). The van der Waals surface area contributed by atoms with Crippen LogP contribution in [0.1, 0.15) is 43.7 Å². The molecular weight excluding hydrogens is 238 g/mol. The summed E-state index contributed by atoms with van der Waals surface area (Å²) >= 11 is 0. The van der Waals surface area contributed by atoms with E-state index in [4.69, 9.17) is 4.42 Å². The molecule has 19 heavy (non-hydrogen) atoms. The number of nitrogens with zero attached hydrogens (tertiary/aromatic N) is 2. The van der Waals surface area contributed by atoms with Crippen LogP contribution in [0.15, 0.2) is 34.7 Å². The molecule has 1 aromatic carbocycles. The van der Waals surface area contributed by atoms with Gasteiger partial charge in [0, 0.05) is 6.42 Å². The molecule has 0 saturated heterocycles. The summed E-state index contributed by atoms with van der Waals surface area (Å²) in [4.78, 5) is 0. The average molecular weight is 259 g/mol. The van der Waals surface area contributed by atoms with Crippen molar-refractivity contribution in [2.24, 2.45) is 5.92 Å². The van der Waals surface area contributed by atoms with Crippen molar-refractivity contribution in [1.82, 2.24) is 15.5 Å². The van der Waals surface area contributed by atoms with Crippen molar-refractivity contribution in [3.63, 3.8) is 0 Å². The van der Waals surface area contributed by atoms with Gasteiger partial charge in [-0.15, -0.1) is 10.2 Å². The lowest BCUT2D eigenvalue weighted by Crippen LogP contribution is -2.17. The number of hydrogen-bond donors (Lipinski definition) is 1. The predicted molar refractivity (Wildman–Crippen MR) is 74.8 cm³/mol. The molecule has 1 aromatic heterocycles. The third-order valence-corrected chi connectivity index (χ3v) is 3.09. The number of aryl methyl sites for hydroxylation is 1. The molecule has 4 heteroatoms. The minimum Gasteiger partial charge on any atom is -0.423 e. The summed E-state index contributed by atoms with van der Waals surface area (Å²) in [6.07, 6.45) is 1.91. The van der Waals surface area contributed by atoms with Crippen LogP contribution < -0.4 is 5.32 Å². The minimum atomic E-state index is -0.0403. The maximum atomic E-state index is 5.76. The number of benzene rings is 1. The SMILES string of the molecule is CNC(c1ccccc1)c1nnc(CCC(C)C)o1. The number of rotatable bonds is 6. The molecule has 1 atom stereocenters. The lowest BCUT2D eigenvalue weighted by Gasteiger charge is -2.11. The maximum Gasteiger partial charge on any atom is 0.237 e. The van der Waals surface area contributed by atoms with E-state index < -0.39 is 0 Å². The number of hydrogen-bond acceptors (Lipinski definition) is 4. The molecule has 1 heterocycles. The number of aromatic nitrogens is 2. The summed E-state index contributed by atoms with van der Waals surface area (Å²) in [5.74, 6) is 2.00. The third kappa shape index (κ3) is 3.64. The molecule has 0 radical (unpaired) electrons. The van der Waals surface area contributed by atoms with Crippen molar-refractivity contribution in [3.8, 4) is 0 Å². The van der Waals surface area contributed by atoms with Gasteiger partial charge in [-0.1, -0.05) is 44.2 Å². The molecule has 0 aliphatic carbocycles. The van der Waals surface area contributed by atoms with Crippen LogP contribution in [0.25, 0.3) is 0 Å². The first kappa shape index (κ1) is 13.7. The van der Waals surface area contributed by atoms with Crippen molar-refractivity contribution in [3.05, 3.63) is 47.7 Å². The van der Waals surface area contributed by atoms with Crippen LogP contribution in [0.5, 0.6) is 0 Å². The second-order valence-electron chi connectivity index (χ2n) is 5.10. The van der Waals surface area contributed by atoms with Gasteiger partial charge in [0.2, 0.25) is 11.8 Å². The smallest absolute Gasteiger partial charge is 0.237 e. The Bertz CT molecular complexity index is 493. The lowest BCUT2D eigenvalue weighted by molar-refractivity contribution is 0.403. The summed E-state index contributed by atoms with van der Waals surface area (Å²) in [5, 5.41) is 11.5. The zero-order valence-electron chi connectivity index (χ0n) is 11.8. The van der Waals surface area contributed by atoms with Gasteiger partial charge in [-0.25, -0.2) is 0 Å². The Hall–Kier alpha value is -1.68. The summed E-state index contributed by atoms with van der Waals surface area (Å²) < 4.78 is 5.76. The fourth-order valence-corrected chi connectivity index (χ4v) is 1.97. The van der Waals surface area contributed by atoms with Crippen molar-refractivity contribution in [2.75, 3.05) is 7.05 Å². The summed E-state index contributed by atoms with van der Waals surface area (Å²) in [7, 11) is 1.90. The third-order valence-electron chi connectivity index (χ3n) is 3.09. The first-order chi connectivity index (χ1) is 9.20. The van der Waals surface area contributed by atoms with E-state index in [0.717, 1.165) is 24.3 Å². The molecule has 0 saturated carbocycles. The lowest BCUT2D eigenvalue weighted by atomic mass is 10.1. The highest BCUT2D eigenvalue weighted by molar-refractivity contribution is 5.23. The molecular formula is C15H21N3O. The van der Waals surface area contributed by atoms with E-state index in [0.29, 0.717) is 11.8 Å². The van der Waals surface area contributed by atoms with Gasteiger partial charge >= 0.3 is 0 Å². The highest BCUT2D eigenvalue weighted by Crippen LogP contribution is 2.20. The Kier molecular flexibility index (Phi) is 4.68. The van der Waals surface area contributed by atoms with Crippen LogP contribution in [0, 0.1) is 5.92 Å². The first-order valence-corrected chi connectivity index (χ1v) is 6.75. The Balaban J connectivity index is 2.12. The van der Waals surface area contributed by atoms with Crippen LogP contribution in [-0.2, 0) is 6.42 Å². The predicted octanol–water partition coefficient (Wildman–Crippen LogP) is 2.97. The Morgan fingerprint density at radius 3 is 2.53 bits per heavy atom. The van der Waals surface area contributed by atoms with Crippen LogP contribution in [-0.4, -0.2) is 17.2 Å². The van der Waals surface area contributed by atoms with Crippen molar-refractivity contribution < 1.29 is 4.42 Å². The van der Waals surface area contributed by atoms with E-state index in [9.17, 15) is 0 Å². The molecule has 102 valence electrons. The molecule has 0 fully saturated rings. The maximum absolute atomic E-state index is 5.76. The molecule has 0 amide bonds. The summed E-state index contributed by atoms with van der Waals surface area (Å²) in [6.45, 7) is 4.38. The zero-order valence-corrected chi connectivity index (χ0v) is 11.8. The van der Waals surface area contributed by atoms with Gasteiger partial charge in [0.05, 0.1) is 0 Å². The Labute approximate surface area is 114 Å².